The lowest BCUT2D eigenvalue weighted by Gasteiger charge is -2.19. The van der Waals surface area contributed by atoms with E-state index in [0.717, 1.165) is 12.8 Å². The quantitative estimate of drug-likeness (QED) is 0.666. The predicted octanol–water partition coefficient (Wildman–Crippen LogP) is -0.127. The summed E-state index contributed by atoms with van der Waals surface area (Å²) >= 11 is 0. The zero-order valence-electron chi connectivity index (χ0n) is 9.49. The van der Waals surface area contributed by atoms with E-state index in [1.165, 1.54) is 14.2 Å². The fourth-order valence-electron chi connectivity index (χ4n) is 1.47. The first-order valence-electron chi connectivity index (χ1n) is 5.16. The number of ether oxygens (including phenoxy) is 2. The highest BCUT2D eigenvalue weighted by atomic mass is 16.5. The molecule has 0 aromatic carbocycles. The Morgan fingerprint density at radius 2 is 2.06 bits per heavy atom. The normalized spacial score (nSPS) is 20.9. The standard InChI is InChI=1S/C10H16N2O4/c1-15-9(13)7-5-3-4-6-11-8(12-7)10(14)16-2/h7H,3-6H2,1-2H3,(H,11,12). The number of methoxy groups -OCH3 is 2. The Hall–Kier alpha value is -1.59. The van der Waals surface area contributed by atoms with Gasteiger partial charge in [0.1, 0.15) is 6.04 Å². The molecule has 1 unspecified atom stereocenters. The Bertz CT molecular complexity index is 301. The van der Waals surface area contributed by atoms with Crippen LogP contribution in [0.1, 0.15) is 19.3 Å². The molecule has 0 radical (unpaired) electrons. The molecule has 0 saturated heterocycles. The van der Waals surface area contributed by atoms with E-state index in [0.29, 0.717) is 13.0 Å². The van der Waals surface area contributed by atoms with Crippen LogP contribution in [0.2, 0.25) is 0 Å². The molecule has 6 nitrogen and oxygen atoms in total. The molecule has 0 bridgehead atoms. The highest BCUT2D eigenvalue weighted by molar-refractivity contribution is 6.35. The fourth-order valence-corrected chi connectivity index (χ4v) is 1.47. The van der Waals surface area contributed by atoms with Crippen LogP contribution in [0, 0.1) is 0 Å². The van der Waals surface area contributed by atoms with Crippen molar-refractivity contribution >= 4 is 17.8 Å². The summed E-state index contributed by atoms with van der Waals surface area (Å²) < 4.78 is 9.20. The number of esters is 2. The molecule has 0 fully saturated rings. The van der Waals surface area contributed by atoms with Gasteiger partial charge in [0.05, 0.1) is 14.2 Å². The first kappa shape index (κ1) is 12.5. The average Bonchev–Trinajstić information content (AvgIpc) is 2.27. The molecule has 0 aliphatic carbocycles. The molecular formula is C10H16N2O4. The van der Waals surface area contributed by atoms with Gasteiger partial charge in [0, 0.05) is 6.54 Å². The molecule has 16 heavy (non-hydrogen) atoms. The van der Waals surface area contributed by atoms with Gasteiger partial charge in [0.15, 0.2) is 0 Å². The molecule has 1 aliphatic rings. The number of hydrogen-bond acceptors (Lipinski definition) is 6. The SMILES string of the molecule is COC(=O)C1=NCCCCC(C(=O)OC)N1. The van der Waals surface area contributed by atoms with E-state index < -0.39 is 18.0 Å². The van der Waals surface area contributed by atoms with Gasteiger partial charge in [0.25, 0.3) is 0 Å². The lowest BCUT2D eigenvalue weighted by atomic mass is 10.1. The third kappa shape index (κ3) is 3.22. The van der Waals surface area contributed by atoms with Gasteiger partial charge in [-0.3, -0.25) is 4.99 Å². The number of hydrogen-bond donors (Lipinski definition) is 1. The number of amidine groups is 1. The second kappa shape index (κ2) is 6.09. The molecule has 0 aromatic rings. The van der Waals surface area contributed by atoms with E-state index >= 15 is 0 Å². The summed E-state index contributed by atoms with van der Waals surface area (Å²) in [6.07, 6.45) is 2.34. The number of carbonyl (C=O) groups is 2. The Morgan fingerprint density at radius 3 is 2.69 bits per heavy atom. The zero-order valence-corrected chi connectivity index (χ0v) is 9.49. The molecular weight excluding hydrogens is 212 g/mol. The summed E-state index contributed by atoms with van der Waals surface area (Å²) in [7, 11) is 2.59. The Balaban J connectivity index is 2.75. The van der Waals surface area contributed by atoms with Crippen LogP contribution in [0.3, 0.4) is 0 Å². The van der Waals surface area contributed by atoms with Gasteiger partial charge in [-0.25, -0.2) is 9.59 Å². The van der Waals surface area contributed by atoms with E-state index in [1.54, 1.807) is 0 Å². The number of rotatable bonds is 2. The second-order valence-corrected chi connectivity index (χ2v) is 3.44. The number of carbonyl (C=O) groups excluding carboxylic acids is 2. The van der Waals surface area contributed by atoms with Crippen molar-refractivity contribution in [2.45, 2.75) is 25.3 Å². The summed E-state index contributed by atoms with van der Waals surface area (Å²) in [5.41, 5.74) is 0. The van der Waals surface area contributed by atoms with Crippen molar-refractivity contribution in [2.75, 3.05) is 20.8 Å². The first-order valence-corrected chi connectivity index (χ1v) is 5.16. The molecule has 0 saturated carbocycles. The van der Waals surface area contributed by atoms with E-state index in [9.17, 15) is 9.59 Å². The number of aliphatic imine (C=N–C) groups is 1. The van der Waals surface area contributed by atoms with Gasteiger partial charge in [-0.15, -0.1) is 0 Å². The molecule has 90 valence electrons. The van der Waals surface area contributed by atoms with Crippen molar-refractivity contribution in [1.82, 2.24) is 5.32 Å². The summed E-state index contributed by atoms with van der Waals surface area (Å²) in [5, 5.41) is 2.76. The van der Waals surface area contributed by atoms with Crippen LogP contribution in [-0.2, 0) is 19.1 Å². The van der Waals surface area contributed by atoms with Crippen LogP contribution in [0.15, 0.2) is 4.99 Å². The average molecular weight is 228 g/mol. The van der Waals surface area contributed by atoms with Crippen LogP contribution < -0.4 is 5.32 Å². The van der Waals surface area contributed by atoms with Crippen molar-refractivity contribution in [2.24, 2.45) is 4.99 Å². The van der Waals surface area contributed by atoms with Crippen molar-refractivity contribution < 1.29 is 19.1 Å². The van der Waals surface area contributed by atoms with Crippen molar-refractivity contribution in [3.63, 3.8) is 0 Å². The van der Waals surface area contributed by atoms with E-state index in [-0.39, 0.29) is 5.84 Å². The zero-order chi connectivity index (χ0) is 12.0. The maximum absolute atomic E-state index is 11.4. The van der Waals surface area contributed by atoms with Gasteiger partial charge in [-0.05, 0) is 19.3 Å². The Kier molecular flexibility index (Phi) is 4.75. The van der Waals surface area contributed by atoms with Crippen molar-refractivity contribution in [1.29, 1.82) is 0 Å². The highest BCUT2D eigenvalue weighted by Gasteiger charge is 2.24. The molecule has 0 amide bonds. The van der Waals surface area contributed by atoms with Crippen LogP contribution in [0.25, 0.3) is 0 Å². The van der Waals surface area contributed by atoms with Crippen LogP contribution in [0.5, 0.6) is 0 Å². The third-order valence-corrected chi connectivity index (χ3v) is 2.35. The van der Waals surface area contributed by atoms with Crippen LogP contribution in [-0.4, -0.2) is 44.6 Å². The molecule has 1 heterocycles. The number of nitrogens with zero attached hydrogens (tertiary/aromatic N) is 1. The summed E-state index contributed by atoms with van der Waals surface area (Å²) in [6.45, 7) is 0.561. The third-order valence-electron chi connectivity index (χ3n) is 2.35. The lowest BCUT2D eigenvalue weighted by Crippen LogP contribution is -2.45. The minimum Gasteiger partial charge on any atom is -0.467 e. The molecule has 0 spiro atoms. The Labute approximate surface area is 94.0 Å². The summed E-state index contributed by atoms with van der Waals surface area (Å²) in [4.78, 5) is 26.8. The topological polar surface area (TPSA) is 77.0 Å². The molecule has 1 aliphatic heterocycles. The molecule has 1 atom stereocenters. The second-order valence-electron chi connectivity index (χ2n) is 3.44. The largest absolute Gasteiger partial charge is 0.467 e. The van der Waals surface area contributed by atoms with Gasteiger partial charge < -0.3 is 14.8 Å². The molecule has 0 aromatic heterocycles. The van der Waals surface area contributed by atoms with Gasteiger partial charge in [0.2, 0.25) is 5.84 Å². The molecule has 1 rings (SSSR count). The maximum atomic E-state index is 11.4. The maximum Gasteiger partial charge on any atom is 0.373 e. The van der Waals surface area contributed by atoms with Gasteiger partial charge in [-0.1, -0.05) is 0 Å². The fraction of sp³-hybridized carbons (Fsp3) is 0.700. The summed E-state index contributed by atoms with van der Waals surface area (Å²) in [6, 6.07) is -0.525. The number of nitrogens with one attached hydrogen (secondary N) is 1. The van der Waals surface area contributed by atoms with Crippen molar-refractivity contribution in [3.8, 4) is 0 Å². The van der Waals surface area contributed by atoms with Gasteiger partial charge >= 0.3 is 11.9 Å². The Morgan fingerprint density at radius 1 is 1.31 bits per heavy atom. The predicted molar refractivity (Wildman–Crippen MR) is 57.1 cm³/mol. The minimum absolute atomic E-state index is 0.0950. The lowest BCUT2D eigenvalue weighted by molar-refractivity contribution is -0.143. The van der Waals surface area contributed by atoms with E-state index in [4.69, 9.17) is 0 Å². The van der Waals surface area contributed by atoms with E-state index in [2.05, 4.69) is 19.8 Å². The van der Waals surface area contributed by atoms with Crippen LogP contribution >= 0.6 is 0 Å². The first-order chi connectivity index (χ1) is 7.69. The van der Waals surface area contributed by atoms with Gasteiger partial charge in [-0.2, -0.15) is 0 Å². The minimum atomic E-state index is -0.559. The smallest absolute Gasteiger partial charge is 0.373 e. The highest BCUT2D eigenvalue weighted by Crippen LogP contribution is 2.06. The molecule has 6 heteroatoms. The van der Waals surface area contributed by atoms with E-state index in [1.807, 2.05) is 0 Å². The van der Waals surface area contributed by atoms with Crippen molar-refractivity contribution in [3.05, 3.63) is 0 Å². The molecule has 1 N–H and O–H groups in total. The van der Waals surface area contributed by atoms with Crippen LogP contribution in [0.4, 0.5) is 0 Å². The monoisotopic (exact) mass is 228 g/mol. The summed E-state index contributed by atoms with van der Waals surface area (Å²) in [5.74, 6) is -0.855.